The first kappa shape index (κ1) is 12.9. The van der Waals surface area contributed by atoms with Crippen LogP contribution in [0, 0.1) is 23.7 Å². The largest absolute Gasteiger partial charge is 0.496 e. The fraction of sp³-hybridized carbons (Fsp3) is 0.533. The number of nitriles is 1. The van der Waals surface area contributed by atoms with Crippen LogP contribution in [0.3, 0.4) is 0 Å². The highest BCUT2D eigenvalue weighted by atomic mass is 16.5. The van der Waals surface area contributed by atoms with Gasteiger partial charge in [-0.2, -0.15) is 5.26 Å². The van der Waals surface area contributed by atoms with Gasteiger partial charge in [0.1, 0.15) is 5.75 Å². The first-order chi connectivity index (χ1) is 8.69. The third-order valence-corrected chi connectivity index (χ3v) is 3.80. The Kier molecular flexibility index (Phi) is 3.88. The van der Waals surface area contributed by atoms with Gasteiger partial charge in [0.25, 0.3) is 0 Å². The van der Waals surface area contributed by atoms with Crippen LogP contribution in [0.25, 0.3) is 0 Å². The standard InChI is InChI=1S/C15H20N2O/c1-12-8-13(4-5-14(12)18-2)9-17-11-15(10-16)6-3-7-15/h4-5,8,17H,3,6-7,9,11H2,1-2H3. The number of aryl methyl sites for hydroxylation is 1. The molecule has 0 unspecified atom stereocenters. The van der Waals surface area contributed by atoms with Gasteiger partial charge in [-0.1, -0.05) is 18.6 Å². The molecule has 3 nitrogen and oxygen atoms in total. The zero-order chi connectivity index (χ0) is 13.0. The van der Waals surface area contributed by atoms with Crippen LogP contribution in [0.2, 0.25) is 0 Å². The Morgan fingerprint density at radius 2 is 2.22 bits per heavy atom. The first-order valence-corrected chi connectivity index (χ1v) is 6.45. The summed E-state index contributed by atoms with van der Waals surface area (Å²) in [7, 11) is 1.69. The Hall–Kier alpha value is -1.53. The van der Waals surface area contributed by atoms with E-state index in [0.29, 0.717) is 0 Å². The van der Waals surface area contributed by atoms with Crippen LogP contribution in [0.5, 0.6) is 5.75 Å². The molecule has 0 radical (unpaired) electrons. The van der Waals surface area contributed by atoms with Gasteiger partial charge >= 0.3 is 0 Å². The lowest BCUT2D eigenvalue weighted by atomic mass is 9.70. The molecule has 0 aromatic heterocycles. The SMILES string of the molecule is COc1ccc(CNCC2(C#N)CCC2)cc1C. The van der Waals surface area contributed by atoms with Crippen molar-refractivity contribution in [2.75, 3.05) is 13.7 Å². The zero-order valence-electron chi connectivity index (χ0n) is 11.1. The fourth-order valence-electron chi connectivity index (χ4n) is 2.43. The van der Waals surface area contributed by atoms with Gasteiger partial charge < -0.3 is 10.1 Å². The second-order valence-corrected chi connectivity index (χ2v) is 5.15. The lowest BCUT2D eigenvalue weighted by Crippen LogP contribution is -2.38. The van der Waals surface area contributed by atoms with Gasteiger partial charge in [-0.25, -0.2) is 0 Å². The van der Waals surface area contributed by atoms with E-state index in [4.69, 9.17) is 10.00 Å². The summed E-state index contributed by atoms with van der Waals surface area (Å²) in [4.78, 5) is 0. The van der Waals surface area contributed by atoms with Crippen LogP contribution in [0.4, 0.5) is 0 Å². The molecule has 1 N–H and O–H groups in total. The molecule has 3 heteroatoms. The molecule has 1 saturated carbocycles. The molecule has 1 fully saturated rings. The lowest BCUT2D eigenvalue weighted by molar-refractivity contribution is 0.206. The molecular weight excluding hydrogens is 224 g/mol. The summed E-state index contributed by atoms with van der Waals surface area (Å²) in [6.07, 6.45) is 3.27. The summed E-state index contributed by atoms with van der Waals surface area (Å²) in [6, 6.07) is 8.64. The molecule has 0 saturated heterocycles. The van der Waals surface area contributed by atoms with Crippen LogP contribution in [0.15, 0.2) is 18.2 Å². The van der Waals surface area contributed by atoms with Gasteiger partial charge in [0.2, 0.25) is 0 Å². The molecule has 1 aliphatic carbocycles. The highest BCUT2D eigenvalue weighted by molar-refractivity contribution is 5.36. The minimum Gasteiger partial charge on any atom is -0.496 e. The fourth-order valence-corrected chi connectivity index (χ4v) is 2.43. The Labute approximate surface area is 109 Å². The Morgan fingerprint density at radius 3 is 2.72 bits per heavy atom. The van der Waals surface area contributed by atoms with Crippen molar-refractivity contribution in [3.05, 3.63) is 29.3 Å². The van der Waals surface area contributed by atoms with Gasteiger partial charge in [0, 0.05) is 13.1 Å². The van der Waals surface area contributed by atoms with Crippen molar-refractivity contribution in [1.82, 2.24) is 5.32 Å². The van der Waals surface area contributed by atoms with Crippen LogP contribution in [0.1, 0.15) is 30.4 Å². The molecule has 0 heterocycles. The highest BCUT2D eigenvalue weighted by Gasteiger charge is 2.36. The van der Waals surface area contributed by atoms with E-state index < -0.39 is 0 Å². The maximum Gasteiger partial charge on any atom is 0.121 e. The first-order valence-electron chi connectivity index (χ1n) is 6.45. The van der Waals surface area contributed by atoms with E-state index in [1.54, 1.807) is 7.11 Å². The normalized spacial score (nSPS) is 16.7. The molecule has 96 valence electrons. The number of nitrogens with zero attached hydrogens (tertiary/aromatic N) is 1. The number of methoxy groups -OCH3 is 1. The molecular formula is C15H20N2O. The number of hydrogen-bond donors (Lipinski definition) is 1. The van der Waals surface area contributed by atoms with Crippen molar-refractivity contribution in [3.63, 3.8) is 0 Å². The van der Waals surface area contributed by atoms with Crippen molar-refractivity contribution < 1.29 is 4.74 Å². The predicted octanol–water partition coefficient (Wildman–Crippen LogP) is 2.79. The van der Waals surface area contributed by atoms with Gasteiger partial charge in [-0.05, 0) is 37.0 Å². The van der Waals surface area contributed by atoms with Crippen molar-refractivity contribution in [2.24, 2.45) is 5.41 Å². The van der Waals surface area contributed by atoms with E-state index in [1.165, 1.54) is 12.0 Å². The van der Waals surface area contributed by atoms with E-state index in [0.717, 1.165) is 37.2 Å². The van der Waals surface area contributed by atoms with Crippen molar-refractivity contribution in [2.45, 2.75) is 32.7 Å². The minimum absolute atomic E-state index is 0.0957. The van der Waals surface area contributed by atoms with Crippen LogP contribution in [-0.2, 0) is 6.54 Å². The average molecular weight is 244 g/mol. The monoisotopic (exact) mass is 244 g/mol. The van der Waals surface area contributed by atoms with Crippen LogP contribution >= 0.6 is 0 Å². The van der Waals surface area contributed by atoms with Crippen LogP contribution in [-0.4, -0.2) is 13.7 Å². The lowest BCUT2D eigenvalue weighted by Gasteiger charge is -2.35. The molecule has 0 bridgehead atoms. The topological polar surface area (TPSA) is 45.0 Å². The average Bonchev–Trinajstić information content (AvgIpc) is 2.33. The number of benzene rings is 1. The van der Waals surface area contributed by atoms with Gasteiger partial charge in [-0.3, -0.25) is 0 Å². The number of ether oxygens (including phenoxy) is 1. The summed E-state index contributed by atoms with van der Waals surface area (Å²) in [5.74, 6) is 0.922. The predicted molar refractivity (Wildman–Crippen MR) is 71.3 cm³/mol. The zero-order valence-corrected chi connectivity index (χ0v) is 11.1. The molecule has 1 aromatic carbocycles. The number of rotatable bonds is 5. The molecule has 0 amide bonds. The molecule has 0 spiro atoms. The number of hydrogen-bond acceptors (Lipinski definition) is 3. The summed E-state index contributed by atoms with van der Waals surface area (Å²) >= 11 is 0. The summed E-state index contributed by atoms with van der Waals surface area (Å²) in [5, 5.41) is 12.5. The van der Waals surface area contributed by atoms with E-state index in [1.807, 2.05) is 13.0 Å². The maximum absolute atomic E-state index is 9.14. The summed E-state index contributed by atoms with van der Waals surface area (Å²) in [6.45, 7) is 3.66. The van der Waals surface area contributed by atoms with Crippen molar-refractivity contribution >= 4 is 0 Å². The minimum atomic E-state index is -0.0957. The smallest absolute Gasteiger partial charge is 0.121 e. The van der Waals surface area contributed by atoms with Gasteiger partial charge in [-0.15, -0.1) is 0 Å². The molecule has 1 aromatic rings. The Balaban J connectivity index is 1.87. The molecule has 18 heavy (non-hydrogen) atoms. The second-order valence-electron chi connectivity index (χ2n) is 5.15. The van der Waals surface area contributed by atoms with E-state index >= 15 is 0 Å². The quantitative estimate of drug-likeness (QED) is 0.866. The molecule has 2 rings (SSSR count). The third-order valence-electron chi connectivity index (χ3n) is 3.80. The van der Waals surface area contributed by atoms with Gasteiger partial charge in [0.15, 0.2) is 0 Å². The van der Waals surface area contributed by atoms with E-state index in [2.05, 4.69) is 23.5 Å². The van der Waals surface area contributed by atoms with Crippen LogP contribution < -0.4 is 10.1 Å². The Bertz CT molecular complexity index is 458. The molecule has 0 atom stereocenters. The van der Waals surface area contributed by atoms with Crippen molar-refractivity contribution in [1.29, 1.82) is 5.26 Å². The van der Waals surface area contributed by atoms with E-state index in [-0.39, 0.29) is 5.41 Å². The summed E-state index contributed by atoms with van der Waals surface area (Å²) < 4.78 is 5.24. The van der Waals surface area contributed by atoms with Crippen molar-refractivity contribution in [3.8, 4) is 11.8 Å². The second kappa shape index (κ2) is 5.41. The molecule has 1 aliphatic rings. The number of nitrogens with one attached hydrogen (secondary N) is 1. The maximum atomic E-state index is 9.14. The van der Waals surface area contributed by atoms with Gasteiger partial charge in [0.05, 0.1) is 18.6 Å². The highest BCUT2D eigenvalue weighted by Crippen LogP contribution is 2.39. The third kappa shape index (κ3) is 2.65. The summed E-state index contributed by atoms with van der Waals surface area (Å²) in [5.41, 5.74) is 2.29. The Morgan fingerprint density at radius 1 is 1.44 bits per heavy atom. The molecule has 0 aliphatic heterocycles. The van der Waals surface area contributed by atoms with E-state index in [9.17, 15) is 0 Å².